The molecule has 0 radical (unpaired) electrons. The third-order valence-corrected chi connectivity index (χ3v) is 2.31. The van der Waals surface area contributed by atoms with E-state index >= 15 is 0 Å². The Hall–Kier alpha value is -0.790. The normalized spacial score (nSPS) is 17.8. The highest BCUT2D eigenvalue weighted by Crippen LogP contribution is 2.34. The highest BCUT2D eigenvalue weighted by Gasteiger charge is 2.24. The van der Waals surface area contributed by atoms with E-state index in [0.717, 1.165) is 6.42 Å². The highest BCUT2D eigenvalue weighted by atomic mass is 15.3. The molecular weight excluding hydrogens is 160 g/mol. The maximum Gasteiger partial charge on any atom is 0.0522 e. The Morgan fingerprint density at radius 2 is 2.15 bits per heavy atom. The molecule has 2 nitrogen and oxygen atoms in total. The van der Waals surface area contributed by atoms with Crippen molar-refractivity contribution in [3.63, 3.8) is 0 Å². The zero-order valence-corrected chi connectivity index (χ0v) is 8.75. The molecular formula is C11H18N2. The van der Waals surface area contributed by atoms with Crippen LogP contribution in [-0.4, -0.2) is 9.78 Å². The van der Waals surface area contributed by atoms with Crippen molar-refractivity contribution in [2.45, 2.75) is 46.1 Å². The molecule has 13 heavy (non-hydrogen) atoms. The molecule has 0 aromatic carbocycles. The zero-order valence-electron chi connectivity index (χ0n) is 8.75. The van der Waals surface area contributed by atoms with Gasteiger partial charge in [-0.1, -0.05) is 20.8 Å². The number of hydrogen-bond acceptors (Lipinski definition) is 1. The van der Waals surface area contributed by atoms with Crippen LogP contribution in [0.4, 0.5) is 0 Å². The second kappa shape index (κ2) is 2.86. The first kappa shape index (κ1) is 8.79. The molecule has 2 rings (SSSR count). The molecule has 0 aliphatic heterocycles. The Morgan fingerprint density at radius 1 is 1.46 bits per heavy atom. The van der Waals surface area contributed by atoms with Crippen LogP contribution >= 0.6 is 0 Å². The zero-order chi connectivity index (χ0) is 9.47. The largest absolute Gasteiger partial charge is 0.269 e. The van der Waals surface area contributed by atoms with Gasteiger partial charge in [0, 0.05) is 6.20 Å². The van der Waals surface area contributed by atoms with Gasteiger partial charge in [-0.05, 0) is 30.2 Å². The average Bonchev–Trinajstić information content (AvgIpc) is 2.72. The Bertz CT molecular complexity index is 289. The summed E-state index contributed by atoms with van der Waals surface area (Å²) >= 11 is 0. The van der Waals surface area contributed by atoms with Gasteiger partial charge in [0.25, 0.3) is 0 Å². The minimum atomic E-state index is 0.372. The van der Waals surface area contributed by atoms with Gasteiger partial charge in [0.2, 0.25) is 0 Å². The smallest absolute Gasteiger partial charge is 0.0522 e. The molecule has 1 fully saturated rings. The molecule has 0 amide bonds. The number of nitrogens with zero attached hydrogens (tertiary/aromatic N) is 2. The Balaban J connectivity index is 2.04. The van der Waals surface area contributed by atoms with E-state index in [1.807, 2.05) is 6.20 Å². The fraction of sp³-hybridized carbons (Fsp3) is 0.727. The molecule has 0 N–H and O–H groups in total. The van der Waals surface area contributed by atoms with Crippen LogP contribution in [-0.2, 0) is 6.42 Å². The van der Waals surface area contributed by atoms with Crippen molar-refractivity contribution in [3.8, 4) is 0 Å². The van der Waals surface area contributed by atoms with Crippen LogP contribution in [0.15, 0.2) is 12.4 Å². The lowest BCUT2D eigenvalue weighted by molar-refractivity contribution is 0.411. The van der Waals surface area contributed by atoms with E-state index in [-0.39, 0.29) is 0 Å². The topological polar surface area (TPSA) is 17.8 Å². The summed E-state index contributed by atoms with van der Waals surface area (Å²) in [4.78, 5) is 0. The van der Waals surface area contributed by atoms with E-state index in [1.54, 1.807) is 0 Å². The van der Waals surface area contributed by atoms with Crippen LogP contribution in [0.3, 0.4) is 0 Å². The van der Waals surface area contributed by atoms with Crippen molar-refractivity contribution >= 4 is 0 Å². The minimum Gasteiger partial charge on any atom is -0.269 e. The summed E-state index contributed by atoms with van der Waals surface area (Å²) in [7, 11) is 0. The van der Waals surface area contributed by atoms with Crippen molar-refractivity contribution in [1.29, 1.82) is 0 Å². The Morgan fingerprint density at radius 3 is 2.69 bits per heavy atom. The fourth-order valence-corrected chi connectivity index (χ4v) is 1.62. The minimum absolute atomic E-state index is 0.372. The van der Waals surface area contributed by atoms with Crippen molar-refractivity contribution in [2.24, 2.45) is 5.41 Å². The van der Waals surface area contributed by atoms with Crippen molar-refractivity contribution in [3.05, 3.63) is 18.0 Å². The van der Waals surface area contributed by atoms with Crippen LogP contribution in [0.2, 0.25) is 0 Å². The SMILES string of the molecule is CC(C)(C)Cc1cnn(C2CC2)c1. The first-order valence-corrected chi connectivity index (χ1v) is 5.08. The molecule has 1 aliphatic rings. The quantitative estimate of drug-likeness (QED) is 0.681. The van der Waals surface area contributed by atoms with Crippen LogP contribution in [0.25, 0.3) is 0 Å². The molecule has 1 aromatic rings. The summed E-state index contributed by atoms with van der Waals surface area (Å²) in [5, 5.41) is 4.38. The van der Waals surface area contributed by atoms with Crippen LogP contribution < -0.4 is 0 Å². The summed E-state index contributed by atoms with van der Waals surface area (Å²) in [6.07, 6.45) is 7.99. The van der Waals surface area contributed by atoms with E-state index in [0.29, 0.717) is 11.5 Å². The van der Waals surface area contributed by atoms with Gasteiger partial charge >= 0.3 is 0 Å². The first-order valence-electron chi connectivity index (χ1n) is 5.08. The van der Waals surface area contributed by atoms with Gasteiger partial charge in [0.05, 0.1) is 12.2 Å². The molecule has 1 aliphatic carbocycles. The van der Waals surface area contributed by atoms with Gasteiger partial charge in [-0.2, -0.15) is 5.10 Å². The number of rotatable bonds is 2. The summed E-state index contributed by atoms with van der Waals surface area (Å²) in [5.74, 6) is 0. The maximum absolute atomic E-state index is 4.38. The molecule has 72 valence electrons. The highest BCUT2D eigenvalue weighted by molar-refractivity contribution is 5.07. The van der Waals surface area contributed by atoms with Crippen molar-refractivity contribution < 1.29 is 0 Å². The van der Waals surface area contributed by atoms with Gasteiger partial charge in [-0.25, -0.2) is 0 Å². The molecule has 0 saturated heterocycles. The molecule has 1 heterocycles. The lowest BCUT2D eigenvalue weighted by atomic mass is 9.89. The number of hydrogen-bond donors (Lipinski definition) is 0. The molecule has 0 bridgehead atoms. The first-order chi connectivity index (χ1) is 6.04. The van der Waals surface area contributed by atoms with Gasteiger partial charge in [-0.15, -0.1) is 0 Å². The lowest BCUT2D eigenvalue weighted by Crippen LogP contribution is -2.08. The van der Waals surface area contributed by atoms with Gasteiger partial charge in [0.15, 0.2) is 0 Å². The van der Waals surface area contributed by atoms with Crippen LogP contribution in [0.1, 0.15) is 45.2 Å². The second-order valence-corrected chi connectivity index (χ2v) is 5.30. The Kier molecular flexibility index (Phi) is 1.94. The maximum atomic E-state index is 4.38. The van der Waals surface area contributed by atoms with Gasteiger partial charge in [0.1, 0.15) is 0 Å². The fourth-order valence-electron chi connectivity index (χ4n) is 1.62. The summed E-state index contributed by atoms with van der Waals surface area (Å²) < 4.78 is 2.13. The molecule has 2 heteroatoms. The van der Waals surface area contributed by atoms with E-state index in [1.165, 1.54) is 18.4 Å². The molecule has 0 spiro atoms. The van der Waals surface area contributed by atoms with Gasteiger partial charge in [-0.3, -0.25) is 4.68 Å². The molecule has 1 saturated carbocycles. The standard InChI is InChI=1S/C11H18N2/c1-11(2,3)6-9-7-12-13(8-9)10-4-5-10/h7-8,10H,4-6H2,1-3H3. The van der Waals surface area contributed by atoms with Crippen LogP contribution in [0.5, 0.6) is 0 Å². The molecule has 0 atom stereocenters. The third-order valence-electron chi connectivity index (χ3n) is 2.31. The van der Waals surface area contributed by atoms with Crippen molar-refractivity contribution in [1.82, 2.24) is 9.78 Å². The van der Waals surface area contributed by atoms with Gasteiger partial charge < -0.3 is 0 Å². The van der Waals surface area contributed by atoms with Crippen LogP contribution in [0, 0.1) is 5.41 Å². The predicted octanol–water partition coefficient (Wildman–Crippen LogP) is 2.81. The molecule has 0 unspecified atom stereocenters. The predicted molar refractivity (Wildman–Crippen MR) is 53.7 cm³/mol. The molecule has 1 aromatic heterocycles. The average molecular weight is 178 g/mol. The summed E-state index contributed by atoms with van der Waals surface area (Å²) in [6, 6.07) is 0.716. The van der Waals surface area contributed by atoms with E-state index < -0.39 is 0 Å². The monoisotopic (exact) mass is 178 g/mol. The third kappa shape index (κ3) is 2.33. The Labute approximate surface area is 80.0 Å². The lowest BCUT2D eigenvalue weighted by Gasteiger charge is -2.16. The van der Waals surface area contributed by atoms with E-state index in [4.69, 9.17) is 0 Å². The van der Waals surface area contributed by atoms with E-state index in [9.17, 15) is 0 Å². The van der Waals surface area contributed by atoms with E-state index in [2.05, 4.69) is 36.7 Å². The summed E-state index contributed by atoms with van der Waals surface area (Å²) in [5.41, 5.74) is 1.75. The summed E-state index contributed by atoms with van der Waals surface area (Å²) in [6.45, 7) is 6.80. The number of aromatic nitrogens is 2. The van der Waals surface area contributed by atoms with Crippen molar-refractivity contribution in [2.75, 3.05) is 0 Å². The second-order valence-electron chi connectivity index (χ2n) is 5.30.